The van der Waals surface area contributed by atoms with Crippen molar-refractivity contribution in [2.75, 3.05) is 37.0 Å². The third-order valence-electron chi connectivity index (χ3n) is 2.84. The fourth-order valence-electron chi connectivity index (χ4n) is 1.84. The zero-order chi connectivity index (χ0) is 12.7. The molecule has 0 unspecified atom stereocenters. The molecule has 0 amide bonds. The van der Waals surface area contributed by atoms with E-state index in [9.17, 15) is 0 Å². The number of benzene rings is 1. The molecule has 0 aliphatic rings. The fourth-order valence-corrected chi connectivity index (χ4v) is 2.29. The average molecular weight is 252 g/mol. The number of nitrogens with zero attached hydrogens (tertiary/aromatic N) is 1. The third-order valence-corrected chi connectivity index (χ3v) is 3.43. The van der Waals surface area contributed by atoms with Crippen molar-refractivity contribution in [3.8, 4) is 0 Å². The number of thioether (sulfide) groups is 1. The van der Waals surface area contributed by atoms with E-state index < -0.39 is 0 Å². The van der Waals surface area contributed by atoms with E-state index in [1.165, 1.54) is 22.6 Å². The van der Waals surface area contributed by atoms with E-state index in [0.29, 0.717) is 0 Å². The van der Waals surface area contributed by atoms with Gasteiger partial charge in [0.15, 0.2) is 0 Å². The maximum absolute atomic E-state index is 3.41. The second kappa shape index (κ2) is 7.62. The molecular formula is C14H24N2S. The molecule has 0 aliphatic carbocycles. The van der Waals surface area contributed by atoms with Crippen molar-refractivity contribution in [3.05, 3.63) is 29.3 Å². The molecule has 0 spiro atoms. The summed E-state index contributed by atoms with van der Waals surface area (Å²) in [5.74, 6) is 1.17. The maximum Gasteiger partial charge on any atom is 0.0409 e. The highest BCUT2D eigenvalue weighted by Crippen LogP contribution is 2.21. The molecule has 0 radical (unpaired) electrons. The zero-order valence-corrected chi connectivity index (χ0v) is 12.2. The first-order valence-electron chi connectivity index (χ1n) is 6.19. The maximum atomic E-state index is 3.41. The summed E-state index contributed by atoms with van der Waals surface area (Å²) in [5, 5.41) is 3.41. The van der Waals surface area contributed by atoms with Gasteiger partial charge in [-0.25, -0.2) is 0 Å². The molecule has 1 aromatic rings. The van der Waals surface area contributed by atoms with Crippen LogP contribution in [0.4, 0.5) is 5.69 Å². The number of rotatable bonds is 7. The Hall–Kier alpha value is -0.670. The molecule has 1 rings (SSSR count). The number of hydrogen-bond donors (Lipinski definition) is 1. The molecule has 2 nitrogen and oxygen atoms in total. The van der Waals surface area contributed by atoms with Crippen molar-refractivity contribution in [1.29, 1.82) is 0 Å². The molecule has 0 atom stereocenters. The predicted octanol–water partition coefficient (Wildman–Crippen LogP) is 2.90. The molecule has 96 valence electrons. The lowest BCUT2D eigenvalue weighted by Crippen LogP contribution is -2.23. The lowest BCUT2D eigenvalue weighted by Gasteiger charge is -2.22. The van der Waals surface area contributed by atoms with Crippen LogP contribution in [0.5, 0.6) is 0 Å². The van der Waals surface area contributed by atoms with Gasteiger partial charge in [-0.1, -0.05) is 24.6 Å². The van der Waals surface area contributed by atoms with Crippen molar-refractivity contribution in [3.63, 3.8) is 0 Å². The molecule has 1 aromatic carbocycles. The Morgan fingerprint density at radius 1 is 1.35 bits per heavy atom. The van der Waals surface area contributed by atoms with Crippen LogP contribution in [0.3, 0.4) is 0 Å². The van der Waals surface area contributed by atoms with Crippen molar-refractivity contribution >= 4 is 17.4 Å². The lowest BCUT2D eigenvalue weighted by molar-refractivity contribution is 0.724. The Morgan fingerprint density at radius 3 is 2.76 bits per heavy atom. The summed E-state index contributed by atoms with van der Waals surface area (Å²) in [6.45, 7) is 7.37. The summed E-state index contributed by atoms with van der Waals surface area (Å²) in [4.78, 5) is 2.35. The first-order valence-corrected chi connectivity index (χ1v) is 7.58. The fraction of sp³-hybridized carbons (Fsp3) is 0.571. The van der Waals surface area contributed by atoms with Gasteiger partial charge in [0.2, 0.25) is 0 Å². The number of anilines is 1. The normalized spacial score (nSPS) is 10.6. The van der Waals surface area contributed by atoms with Crippen LogP contribution in [-0.2, 0) is 6.54 Å². The molecule has 0 saturated carbocycles. The number of nitrogens with one attached hydrogen (secondary N) is 1. The van der Waals surface area contributed by atoms with Gasteiger partial charge in [-0.05, 0) is 31.4 Å². The van der Waals surface area contributed by atoms with Gasteiger partial charge in [0.25, 0.3) is 0 Å². The Bertz CT molecular complexity index is 339. The van der Waals surface area contributed by atoms with Crippen LogP contribution in [0, 0.1) is 6.92 Å². The molecule has 1 N–H and O–H groups in total. The van der Waals surface area contributed by atoms with E-state index in [4.69, 9.17) is 0 Å². The van der Waals surface area contributed by atoms with Gasteiger partial charge in [0.1, 0.15) is 0 Å². The van der Waals surface area contributed by atoms with Gasteiger partial charge < -0.3 is 10.2 Å². The standard InChI is InChI=1S/C14H24N2S/c1-5-15-11-13-10-12(2)6-7-14(13)16(3)8-9-17-4/h6-7,10,15H,5,8-9,11H2,1-4H3. The molecule has 0 bridgehead atoms. The monoisotopic (exact) mass is 252 g/mol. The Labute approximate surface area is 110 Å². The highest BCUT2D eigenvalue weighted by atomic mass is 32.2. The van der Waals surface area contributed by atoms with Crippen LogP contribution in [-0.4, -0.2) is 32.1 Å². The van der Waals surface area contributed by atoms with Gasteiger partial charge in [0.05, 0.1) is 0 Å². The minimum absolute atomic E-state index is 0.955. The molecule has 0 saturated heterocycles. The van der Waals surface area contributed by atoms with Gasteiger partial charge in [-0.15, -0.1) is 0 Å². The van der Waals surface area contributed by atoms with E-state index in [1.54, 1.807) is 0 Å². The summed E-state index contributed by atoms with van der Waals surface area (Å²) in [7, 11) is 2.18. The van der Waals surface area contributed by atoms with Crippen LogP contribution >= 0.6 is 11.8 Å². The minimum atomic E-state index is 0.955. The van der Waals surface area contributed by atoms with E-state index in [-0.39, 0.29) is 0 Å². The smallest absolute Gasteiger partial charge is 0.0409 e. The number of hydrogen-bond acceptors (Lipinski definition) is 3. The second-order valence-corrected chi connectivity index (χ2v) is 5.31. The van der Waals surface area contributed by atoms with E-state index in [1.807, 2.05) is 11.8 Å². The zero-order valence-electron chi connectivity index (χ0n) is 11.4. The topological polar surface area (TPSA) is 15.3 Å². The van der Waals surface area contributed by atoms with Crippen molar-refractivity contribution in [2.24, 2.45) is 0 Å². The van der Waals surface area contributed by atoms with Gasteiger partial charge in [0, 0.05) is 31.6 Å². The average Bonchev–Trinajstić information content (AvgIpc) is 2.33. The molecule has 0 aromatic heterocycles. The van der Waals surface area contributed by atoms with Crippen LogP contribution in [0.2, 0.25) is 0 Å². The Morgan fingerprint density at radius 2 is 2.12 bits per heavy atom. The highest BCUT2D eigenvalue weighted by molar-refractivity contribution is 7.98. The molecule has 0 heterocycles. The molecule has 0 aliphatic heterocycles. The summed E-state index contributed by atoms with van der Waals surface area (Å²) in [6, 6.07) is 6.72. The van der Waals surface area contributed by atoms with Crippen molar-refractivity contribution in [1.82, 2.24) is 5.32 Å². The van der Waals surface area contributed by atoms with Crippen LogP contribution in [0.1, 0.15) is 18.1 Å². The largest absolute Gasteiger partial charge is 0.374 e. The van der Waals surface area contributed by atoms with Gasteiger partial charge in [-0.3, -0.25) is 0 Å². The van der Waals surface area contributed by atoms with Crippen LogP contribution < -0.4 is 10.2 Å². The molecule has 0 fully saturated rings. The summed E-state index contributed by atoms with van der Waals surface area (Å²) < 4.78 is 0. The SMILES string of the molecule is CCNCc1cc(C)ccc1N(C)CCSC. The summed E-state index contributed by atoms with van der Waals surface area (Å²) in [5.41, 5.74) is 4.08. The lowest BCUT2D eigenvalue weighted by atomic mass is 10.1. The second-order valence-electron chi connectivity index (χ2n) is 4.33. The van der Waals surface area contributed by atoms with Crippen LogP contribution in [0.25, 0.3) is 0 Å². The van der Waals surface area contributed by atoms with Gasteiger partial charge in [-0.2, -0.15) is 11.8 Å². The van der Waals surface area contributed by atoms with E-state index in [0.717, 1.165) is 19.6 Å². The van der Waals surface area contributed by atoms with E-state index >= 15 is 0 Å². The molecule has 17 heavy (non-hydrogen) atoms. The van der Waals surface area contributed by atoms with E-state index in [2.05, 4.69) is 55.6 Å². The van der Waals surface area contributed by atoms with Crippen molar-refractivity contribution in [2.45, 2.75) is 20.4 Å². The Balaban J connectivity index is 2.80. The third kappa shape index (κ3) is 4.60. The highest BCUT2D eigenvalue weighted by Gasteiger charge is 2.06. The first-order chi connectivity index (χ1) is 8.19. The predicted molar refractivity (Wildman–Crippen MR) is 80.2 cm³/mol. The molecular weight excluding hydrogens is 228 g/mol. The van der Waals surface area contributed by atoms with Crippen molar-refractivity contribution < 1.29 is 0 Å². The number of aryl methyl sites for hydroxylation is 1. The minimum Gasteiger partial charge on any atom is -0.374 e. The summed E-state index contributed by atoms with van der Waals surface area (Å²) >= 11 is 1.89. The molecule has 3 heteroatoms. The summed E-state index contributed by atoms with van der Waals surface area (Å²) in [6.07, 6.45) is 2.16. The van der Waals surface area contributed by atoms with Crippen LogP contribution in [0.15, 0.2) is 18.2 Å². The quantitative estimate of drug-likeness (QED) is 0.803. The van der Waals surface area contributed by atoms with Gasteiger partial charge >= 0.3 is 0 Å². The Kier molecular flexibility index (Phi) is 6.45. The first kappa shape index (κ1) is 14.4.